The van der Waals surface area contributed by atoms with Crippen LogP contribution in [-0.2, 0) is 6.42 Å². The molecule has 0 saturated carbocycles. The van der Waals surface area contributed by atoms with Crippen molar-refractivity contribution in [1.82, 2.24) is 15.5 Å². The van der Waals surface area contributed by atoms with E-state index in [1.807, 2.05) is 44.2 Å². The molecule has 0 aliphatic rings. The van der Waals surface area contributed by atoms with Crippen molar-refractivity contribution in [2.45, 2.75) is 26.2 Å². The topological polar surface area (TPSA) is 64.1 Å². The van der Waals surface area contributed by atoms with Gasteiger partial charge in [-0.05, 0) is 42.2 Å². The fraction of sp³-hybridized carbons (Fsp3) is 0.353. The van der Waals surface area contributed by atoms with Crippen LogP contribution in [0.15, 0.2) is 36.4 Å². The highest BCUT2D eigenvalue weighted by atomic mass is 16.5. The van der Waals surface area contributed by atoms with Gasteiger partial charge in [-0.3, -0.25) is 4.79 Å². The summed E-state index contributed by atoms with van der Waals surface area (Å²) in [5, 5.41) is 10.9. The molecule has 1 heterocycles. The van der Waals surface area contributed by atoms with Gasteiger partial charge in [0.2, 0.25) is 0 Å². The molecule has 5 nitrogen and oxygen atoms in total. The second-order valence-corrected chi connectivity index (χ2v) is 5.36. The number of nitrogens with one attached hydrogen (secondary N) is 1. The Morgan fingerprint density at radius 3 is 2.68 bits per heavy atom. The van der Waals surface area contributed by atoms with E-state index < -0.39 is 0 Å². The molecule has 0 bridgehead atoms. The molecule has 1 aromatic carbocycles. The number of ether oxygens (including phenoxy) is 1. The Morgan fingerprint density at radius 1 is 1.23 bits per heavy atom. The molecule has 0 fully saturated rings. The molecule has 0 saturated heterocycles. The van der Waals surface area contributed by atoms with Crippen molar-refractivity contribution in [1.29, 1.82) is 0 Å². The van der Waals surface area contributed by atoms with Crippen molar-refractivity contribution in [3.8, 4) is 5.75 Å². The molecule has 0 aliphatic heterocycles. The fourth-order valence-electron chi connectivity index (χ4n) is 2.01. The van der Waals surface area contributed by atoms with E-state index in [2.05, 4.69) is 15.5 Å². The maximum atomic E-state index is 12.0. The minimum Gasteiger partial charge on any atom is -0.497 e. The Morgan fingerprint density at radius 2 is 2.05 bits per heavy atom. The third-order valence-corrected chi connectivity index (χ3v) is 3.34. The summed E-state index contributed by atoms with van der Waals surface area (Å²) in [6, 6.07) is 11.4. The average Bonchev–Trinajstić information content (AvgIpc) is 2.55. The molecule has 22 heavy (non-hydrogen) atoms. The molecule has 1 aromatic heterocycles. The zero-order chi connectivity index (χ0) is 15.9. The van der Waals surface area contributed by atoms with E-state index in [4.69, 9.17) is 4.74 Å². The highest BCUT2D eigenvalue weighted by molar-refractivity contribution is 5.92. The summed E-state index contributed by atoms with van der Waals surface area (Å²) in [5.74, 6) is 0.919. The van der Waals surface area contributed by atoms with Crippen LogP contribution in [0.5, 0.6) is 5.75 Å². The molecule has 0 aliphatic carbocycles. The summed E-state index contributed by atoms with van der Waals surface area (Å²) < 4.78 is 5.18. The maximum absolute atomic E-state index is 12.0. The number of carbonyl (C=O) groups is 1. The van der Waals surface area contributed by atoms with Crippen LogP contribution in [0.1, 0.15) is 41.5 Å². The first-order valence-electron chi connectivity index (χ1n) is 7.35. The maximum Gasteiger partial charge on any atom is 0.271 e. The van der Waals surface area contributed by atoms with Crippen LogP contribution in [0.4, 0.5) is 0 Å². The van der Waals surface area contributed by atoms with Gasteiger partial charge in [-0.1, -0.05) is 26.0 Å². The monoisotopic (exact) mass is 299 g/mol. The quantitative estimate of drug-likeness (QED) is 0.890. The van der Waals surface area contributed by atoms with Gasteiger partial charge in [0.25, 0.3) is 5.91 Å². The Hall–Kier alpha value is -2.43. The van der Waals surface area contributed by atoms with Gasteiger partial charge in [-0.25, -0.2) is 0 Å². The van der Waals surface area contributed by atoms with Crippen molar-refractivity contribution in [2.75, 3.05) is 13.7 Å². The number of nitrogens with zero attached hydrogens (tertiary/aromatic N) is 2. The molecule has 116 valence electrons. The predicted octanol–water partition coefficient (Wildman–Crippen LogP) is 2.58. The van der Waals surface area contributed by atoms with Gasteiger partial charge in [0.15, 0.2) is 5.69 Å². The third-order valence-electron chi connectivity index (χ3n) is 3.34. The SMILES string of the molecule is COc1cccc(CCNC(=O)c2ccc(C(C)C)nn2)c1. The van der Waals surface area contributed by atoms with E-state index >= 15 is 0 Å². The zero-order valence-corrected chi connectivity index (χ0v) is 13.2. The van der Waals surface area contributed by atoms with E-state index in [9.17, 15) is 4.79 Å². The molecule has 1 N–H and O–H groups in total. The van der Waals surface area contributed by atoms with Gasteiger partial charge >= 0.3 is 0 Å². The van der Waals surface area contributed by atoms with E-state index in [-0.39, 0.29) is 5.91 Å². The Bertz CT molecular complexity index is 624. The average molecular weight is 299 g/mol. The van der Waals surface area contributed by atoms with Gasteiger partial charge in [-0.15, -0.1) is 5.10 Å². The van der Waals surface area contributed by atoms with Gasteiger partial charge in [0.05, 0.1) is 12.8 Å². The standard InChI is InChI=1S/C17H21N3O2/c1-12(2)15-7-8-16(20-19-15)17(21)18-10-9-13-5-4-6-14(11-13)22-3/h4-8,11-12H,9-10H2,1-3H3,(H,18,21). The third kappa shape index (κ3) is 4.28. The van der Waals surface area contributed by atoms with E-state index in [1.54, 1.807) is 13.2 Å². The van der Waals surface area contributed by atoms with Crippen molar-refractivity contribution in [3.63, 3.8) is 0 Å². The molecular weight excluding hydrogens is 278 g/mol. The molecule has 0 spiro atoms. The Labute approximate surface area is 130 Å². The summed E-state index contributed by atoms with van der Waals surface area (Å²) in [5.41, 5.74) is 2.34. The van der Waals surface area contributed by atoms with E-state index in [0.29, 0.717) is 18.2 Å². The van der Waals surface area contributed by atoms with Crippen molar-refractivity contribution < 1.29 is 9.53 Å². The first-order chi connectivity index (χ1) is 10.6. The number of benzene rings is 1. The van der Waals surface area contributed by atoms with Crippen LogP contribution >= 0.6 is 0 Å². The number of aromatic nitrogens is 2. The molecule has 2 rings (SSSR count). The summed E-state index contributed by atoms with van der Waals surface area (Å²) in [4.78, 5) is 12.0. The van der Waals surface area contributed by atoms with Crippen LogP contribution in [0.25, 0.3) is 0 Å². The van der Waals surface area contributed by atoms with Gasteiger partial charge in [0.1, 0.15) is 5.75 Å². The summed E-state index contributed by atoms with van der Waals surface area (Å²) in [6.07, 6.45) is 0.737. The normalized spacial score (nSPS) is 10.5. The predicted molar refractivity (Wildman–Crippen MR) is 85.2 cm³/mol. The van der Waals surface area contributed by atoms with Crippen LogP contribution in [0.2, 0.25) is 0 Å². The number of carbonyl (C=O) groups excluding carboxylic acids is 1. The first-order valence-corrected chi connectivity index (χ1v) is 7.35. The number of methoxy groups -OCH3 is 1. The number of hydrogen-bond donors (Lipinski definition) is 1. The van der Waals surface area contributed by atoms with Crippen LogP contribution in [0, 0.1) is 0 Å². The Kier molecular flexibility index (Phi) is 5.47. The molecule has 5 heteroatoms. The highest BCUT2D eigenvalue weighted by Gasteiger charge is 2.09. The Balaban J connectivity index is 1.87. The van der Waals surface area contributed by atoms with Gasteiger partial charge < -0.3 is 10.1 Å². The summed E-state index contributed by atoms with van der Waals surface area (Å²) >= 11 is 0. The molecule has 0 radical (unpaired) electrons. The van der Waals surface area contributed by atoms with E-state index in [1.165, 1.54) is 0 Å². The van der Waals surface area contributed by atoms with Crippen molar-refractivity contribution >= 4 is 5.91 Å². The van der Waals surface area contributed by atoms with E-state index in [0.717, 1.165) is 23.4 Å². The van der Waals surface area contributed by atoms with Gasteiger partial charge in [-0.2, -0.15) is 5.10 Å². The highest BCUT2D eigenvalue weighted by Crippen LogP contribution is 2.12. The summed E-state index contributed by atoms with van der Waals surface area (Å²) in [6.45, 7) is 4.62. The minimum absolute atomic E-state index is 0.203. The van der Waals surface area contributed by atoms with Crippen molar-refractivity contribution in [3.05, 3.63) is 53.3 Å². The van der Waals surface area contributed by atoms with Crippen LogP contribution < -0.4 is 10.1 Å². The molecule has 0 unspecified atom stereocenters. The second-order valence-electron chi connectivity index (χ2n) is 5.36. The zero-order valence-electron chi connectivity index (χ0n) is 13.2. The lowest BCUT2D eigenvalue weighted by Crippen LogP contribution is -2.26. The molecular formula is C17H21N3O2. The molecule has 0 atom stereocenters. The first kappa shape index (κ1) is 15.9. The lowest BCUT2D eigenvalue weighted by molar-refractivity contribution is 0.0948. The molecule has 2 aromatic rings. The van der Waals surface area contributed by atoms with Crippen LogP contribution in [0.3, 0.4) is 0 Å². The largest absolute Gasteiger partial charge is 0.497 e. The fourth-order valence-corrected chi connectivity index (χ4v) is 2.01. The minimum atomic E-state index is -0.203. The lowest BCUT2D eigenvalue weighted by Gasteiger charge is -2.07. The summed E-state index contributed by atoms with van der Waals surface area (Å²) in [7, 11) is 1.64. The second kappa shape index (κ2) is 7.54. The molecule has 1 amide bonds. The lowest BCUT2D eigenvalue weighted by atomic mass is 10.1. The number of rotatable bonds is 6. The van der Waals surface area contributed by atoms with Gasteiger partial charge in [0, 0.05) is 6.54 Å². The van der Waals surface area contributed by atoms with Crippen molar-refractivity contribution in [2.24, 2.45) is 0 Å². The number of amides is 1. The van der Waals surface area contributed by atoms with Crippen LogP contribution in [-0.4, -0.2) is 29.8 Å². The number of hydrogen-bond acceptors (Lipinski definition) is 4. The smallest absolute Gasteiger partial charge is 0.271 e.